The average molecular weight is 501 g/mol. The average Bonchev–Trinajstić information content (AvgIpc) is 3.31. The molecular weight excluding hydrogens is 465 g/mol. The molecule has 3 heterocycles. The van der Waals surface area contributed by atoms with Gasteiger partial charge in [0.05, 0.1) is 65.0 Å². The molecule has 0 radical (unpaired) electrons. The maximum absolute atomic E-state index is 12.8. The van der Waals surface area contributed by atoms with Gasteiger partial charge in [0, 0.05) is 6.54 Å². The van der Waals surface area contributed by atoms with Crippen LogP contribution in [0.1, 0.15) is 26.7 Å². The summed E-state index contributed by atoms with van der Waals surface area (Å²) in [6.45, 7) is 6.91. The van der Waals surface area contributed by atoms with Gasteiger partial charge in [0.25, 0.3) is 0 Å². The summed E-state index contributed by atoms with van der Waals surface area (Å²) in [6, 6.07) is -0.972. The van der Waals surface area contributed by atoms with Crippen molar-refractivity contribution in [2.45, 2.75) is 68.6 Å². The molecule has 5 atom stereocenters. The van der Waals surface area contributed by atoms with Crippen LogP contribution in [0.3, 0.4) is 0 Å². The molecule has 2 bridgehead atoms. The van der Waals surface area contributed by atoms with Crippen molar-refractivity contribution in [1.29, 1.82) is 0 Å². The lowest BCUT2D eigenvalue weighted by Crippen LogP contribution is -2.65. The number of fused-ring (bicyclic) bond motifs is 4. The van der Waals surface area contributed by atoms with E-state index < -0.39 is 47.8 Å². The first-order valence-electron chi connectivity index (χ1n) is 11.5. The first-order valence-corrected chi connectivity index (χ1v) is 11.5. The molecule has 3 fully saturated rings. The minimum Gasteiger partial charge on any atom is -0.378 e. The second-order valence-electron chi connectivity index (χ2n) is 8.96. The molecule has 10 nitrogen and oxygen atoms in total. The number of rotatable bonds is 14. The Hall–Kier alpha value is -1.06. The van der Waals surface area contributed by atoms with Crippen LogP contribution < -0.4 is 11.1 Å². The van der Waals surface area contributed by atoms with Crippen LogP contribution in [0.15, 0.2) is 0 Å². The van der Waals surface area contributed by atoms with Gasteiger partial charge in [0.2, 0.25) is 0 Å². The van der Waals surface area contributed by atoms with Crippen molar-refractivity contribution in [1.82, 2.24) is 5.32 Å². The zero-order valence-electron chi connectivity index (χ0n) is 19.6. The number of nitrogens with one attached hydrogen (secondary N) is 1. The lowest BCUT2D eigenvalue weighted by molar-refractivity contribution is -0.208. The Morgan fingerprint density at radius 2 is 1.56 bits per heavy atom. The Morgan fingerprint density at radius 3 is 2.15 bits per heavy atom. The first-order chi connectivity index (χ1) is 16.1. The van der Waals surface area contributed by atoms with E-state index in [1.165, 1.54) is 0 Å². The number of hydrogen-bond donors (Lipinski definition) is 2. The van der Waals surface area contributed by atoms with Crippen LogP contribution in [0.2, 0.25) is 0 Å². The Bertz CT molecular complexity index is 668. The fourth-order valence-electron chi connectivity index (χ4n) is 4.52. The Kier molecular flexibility index (Phi) is 9.54. The van der Waals surface area contributed by atoms with E-state index in [1.54, 1.807) is 13.8 Å². The van der Waals surface area contributed by atoms with E-state index in [4.69, 9.17) is 38.9 Å². The van der Waals surface area contributed by atoms with Crippen molar-refractivity contribution in [2.24, 2.45) is 5.73 Å². The van der Waals surface area contributed by atoms with E-state index in [0.717, 1.165) is 0 Å². The molecule has 1 amide bonds. The molecule has 3 N–H and O–H groups in total. The molecule has 0 aromatic heterocycles. The lowest BCUT2D eigenvalue weighted by Gasteiger charge is -2.44. The second kappa shape index (κ2) is 11.8. The largest absolute Gasteiger partial charge is 0.471 e. The molecular formula is C21H35F3N2O8. The maximum atomic E-state index is 12.8. The highest BCUT2D eigenvalue weighted by Gasteiger charge is 2.65. The number of ether oxygens (including phenoxy) is 7. The number of carbonyl (C=O) groups excluding carboxylic acids is 1. The molecule has 198 valence electrons. The first kappa shape index (κ1) is 27.5. The van der Waals surface area contributed by atoms with Crippen LogP contribution in [0, 0.1) is 0 Å². The van der Waals surface area contributed by atoms with Gasteiger partial charge in [-0.3, -0.25) is 4.79 Å². The van der Waals surface area contributed by atoms with Crippen molar-refractivity contribution in [3.8, 4) is 0 Å². The molecule has 0 unspecified atom stereocenters. The van der Waals surface area contributed by atoms with Gasteiger partial charge in [-0.15, -0.1) is 0 Å². The Labute approximate surface area is 196 Å². The normalized spacial score (nSPS) is 32.1. The van der Waals surface area contributed by atoms with E-state index in [9.17, 15) is 18.0 Å². The van der Waals surface area contributed by atoms with Gasteiger partial charge in [-0.05, 0) is 26.7 Å². The fourth-order valence-corrected chi connectivity index (χ4v) is 4.52. The number of amides is 1. The third kappa shape index (κ3) is 7.00. The molecule has 0 saturated carbocycles. The quantitative estimate of drug-likeness (QED) is 0.329. The predicted octanol–water partition coefficient (Wildman–Crippen LogP) is 0.510. The number of alkyl halides is 3. The van der Waals surface area contributed by atoms with E-state index >= 15 is 0 Å². The highest BCUT2D eigenvalue weighted by molar-refractivity contribution is 5.82. The van der Waals surface area contributed by atoms with Crippen LogP contribution in [0.5, 0.6) is 0 Å². The molecule has 0 aromatic carbocycles. The summed E-state index contributed by atoms with van der Waals surface area (Å²) in [5, 5.41) is 2.05. The molecule has 13 heteroatoms. The topological polar surface area (TPSA) is 120 Å². The van der Waals surface area contributed by atoms with Crippen molar-refractivity contribution in [3.63, 3.8) is 0 Å². The number of carbonyl (C=O) groups is 1. The highest BCUT2D eigenvalue weighted by atomic mass is 19.4. The summed E-state index contributed by atoms with van der Waals surface area (Å²) in [4.78, 5) is 11.6. The van der Waals surface area contributed by atoms with Crippen molar-refractivity contribution in [3.05, 3.63) is 0 Å². The van der Waals surface area contributed by atoms with Crippen LogP contribution in [0.25, 0.3) is 0 Å². The van der Waals surface area contributed by atoms with Gasteiger partial charge in [-0.1, -0.05) is 0 Å². The lowest BCUT2D eigenvalue weighted by atomic mass is 9.88. The number of nitrogens with two attached hydrogens (primary N) is 1. The molecule has 34 heavy (non-hydrogen) atoms. The highest BCUT2D eigenvalue weighted by Crippen LogP contribution is 2.49. The van der Waals surface area contributed by atoms with Crippen LogP contribution >= 0.6 is 0 Å². The summed E-state index contributed by atoms with van der Waals surface area (Å²) in [5.74, 6) is -3.05. The van der Waals surface area contributed by atoms with Gasteiger partial charge >= 0.3 is 12.1 Å². The van der Waals surface area contributed by atoms with Crippen molar-refractivity contribution >= 4 is 5.91 Å². The van der Waals surface area contributed by atoms with Gasteiger partial charge in [-0.2, -0.15) is 13.2 Å². The third-order valence-electron chi connectivity index (χ3n) is 5.92. The molecule has 3 aliphatic rings. The molecule has 3 aliphatic heterocycles. The van der Waals surface area contributed by atoms with Crippen LogP contribution in [-0.2, 0) is 38.0 Å². The smallest absolute Gasteiger partial charge is 0.378 e. The third-order valence-corrected chi connectivity index (χ3v) is 5.92. The number of halogens is 3. The summed E-state index contributed by atoms with van der Waals surface area (Å²) < 4.78 is 78.4. The fraction of sp³-hybridized carbons (Fsp3) is 0.952. The van der Waals surface area contributed by atoms with Gasteiger partial charge in [0.15, 0.2) is 5.79 Å². The van der Waals surface area contributed by atoms with Crippen LogP contribution in [-0.4, -0.2) is 107 Å². The zero-order chi connectivity index (χ0) is 24.8. The monoisotopic (exact) mass is 500 g/mol. The molecule has 3 rings (SSSR count). The van der Waals surface area contributed by atoms with E-state index in [2.05, 4.69) is 0 Å². The van der Waals surface area contributed by atoms with Gasteiger partial charge in [0.1, 0.15) is 17.8 Å². The minimum absolute atomic E-state index is 0.169. The Morgan fingerprint density at radius 1 is 0.971 bits per heavy atom. The van der Waals surface area contributed by atoms with Crippen molar-refractivity contribution in [2.75, 3.05) is 59.4 Å². The zero-order valence-corrected chi connectivity index (χ0v) is 19.6. The van der Waals surface area contributed by atoms with Gasteiger partial charge in [-0.25, -0.2) is 0 Å². The summed E-state index contributed by atoms with van der Waals surface area (Å²) in [5.41, 5.74) is 4.45. The molecule has 0 aromatic rings. The predicted molar refractivity (Wildman–Crippen MR) is 111 cm³/mol. The standard InChI is InChI=1S/C21H35F3N2O8/c1-19(2)33-16-15(26-18(27)21(22,23)24)14-3-4-20(32-14,17(16)34-19)13-31-12-11-30-10-9-29-8-7-28-6-5-25/h14-17H,3-13,25H2,1-2H3,(H,26,27)/t14-,15+,16-,17-,20-/m1/s1. The molecule has 0 aliphatic carbocycles. The SMILES string of the molecule is CC1(C)O[C@@H]2[C@@H](NC(=O)C(F)(F)F)[C@H]3CC[C@](COCCOCCOCCOCCN)(O3)[C@@H]2O1. The summed E-state index contributed by atoms with van der Waals surface area (Å²) in [6.07, 6.45) is -6.13. The van der Waals surface area contributed by atoms with E-state index in [1.807, 2.05) is 5.32 Å². The molecule has 3 saturated heterocycles. The van der Waals surface area contributed by atoms with Crippen molar-refractivity contribution < 1.29 is 51.1 Å². The van der Waals surface area contributed by atoms with Crippen LogP contribution in [0.4, 0.5) is 13.2 Å². The Balaban J connectivity index is 1.43. The maximum Gasteiger partial charge on any atom is 0.471 e. The summed E-state index contributed by atoms with van der Waals surface area (Å²) >= 11 is 0. The summed E-state index contributed by atoms with van der Waals surface area (Å²) in [7, 11) is 0. The number of hydrogen-bond acceptors (Lipinski definition) is 9. The van der Waals surface area contributed by atoms with E-state index in [-0.39, 0.29) is 6.61 Å². The minimum atomic E-state index is -5.00. The molecule has 0 spiro atoms. The second-order valence-corrected chi connectivity index (χ2v) is 8.96. The van der Waals surface area contributed by atoms with Gasteiger partial charge < -0.3 is 44.2 Å². The van der Waals surface area contributed by atoms with E-state index in [0.29, 0.717) is 65.6 Å².